The lowest BCUT2D eigenvalue weighted by molar-refractivity contribution is 0.0690. The van der Waals surface area contributed by atoms with E-state index in [1.807, 2.05) is 0 Å². The summed E-state index contributed by atoms with van der Waals surface area (Å²) >= 11 is 9.23. The molecule has 0 saturated heterocycles. The third-order valence-electron chi connectivity index (χ3n) is 2.38. The van der Waals surface area contributed by atoms with Crippen molar-refractivity contribution in [3.8, 4) is 0 Å². The molecule has 0 radical (unpaired) electrons. The molecule has 1 aromatic heterocycles. The fraction of sp³-hybridized carbons (Fsp3) is 0. The highest BCUT2D eigenvalue weighted by Gasteiger charge is 2.13. The summed E-state index contributed by atoms with van der Waals surface area (Å²) < 4.78 is 0.754. The van der Waals surface area contributed by atoms with E-state index in [-0.39, 0.29) is 11.4 Å². The Balaban J connectivity index is 2.26. The van der Waals surface area contributed by atoms with Gasteiger partial charge in [0.1, 0.15) is 11.4 Å². The Hall–Kier alpha value is -1.92. The Morgan fingerprint density at radius 3 is 2.60 bits per heavy atom. The highest BCUT2D eigenvalue weighted by molar-refractivity contribution is 9.10. The van der Waals surface area contributed by atoms with Gasteiger partial charge in [0.15, 0.2) is 0 Å². The number of nitrogens with zero attached hydrogens (tertiary/aromatic N) is 1. The van der Waals surface area contributed by atoms with Crippen LogP contribution in [-0.4, -0.2) is 22.0 Å². The fourth-order valence-electron chi connectivity index (χ4n) is 1.46. The Bertz CT molecular complexity index is 691. The second-order valence-electron chi connectivity index (χ2n) is 3.79. The largest absolute Gasteiger partial charge is 0.477 e. The predicted octanol–water partition coefficient (Wildman–Crippen LogP) is 3.45. The second-order valence-corrected chi connectivity index (χ2v) is 5.11. The molecular formula is C13H8BrClN2O3. The van der Waals surface area contributed by atoms with Crippen molar-refractivity contribution in [2.45, 2.75) is 0 Å². The number of carboxylic acid groups (broad SMARTS) is 1. The molecule has 0 fully saturated rings. The highest BCUT2D eigenvalue weighted by atomic mass is 79.9. The summed E-state index contributed by atoms with van der Waals surface area (Å²) in [4.78, 5) is 26.6. The van der Waals surface area contributed by atoms with Crippen molar-refractivity contribution >= 4 is 45.1 Å². The molecule has 0 bridgehead atoms. The summed E-state index contributed by atoms with van der Waals surface area (Å²) in [7, 11) is 0. The number of anilines is 1. The van der Waals surface area contributed by atoms with Gasteiger partial charge < -0.3 is 10.4 Å². The Morgan fingerprint density at radius 1 is 1.20 bits per heavy atom. The van der Waals surface area contributed by atoms with Crippen LogP contribution in [0.1, 0.15) is 21.0 Å². The summed E-state index contributed by atoms with van der Waals surface area (Å²) in [5, 5.41) is 11.8. The minimum absolute atomic E-state index is 0.000872. The average Bonchev–Trinajstić information content (AvgIpc) is 2.43. The molecule has 1 heterocycles. The van der Waals surface area contributed by atoms with Gasteiger partial charge in [0.25, 0.3) is 5.91 Å². The van der Waals surface area contributed by atoms with E-state index in [1.165, 1.54) is 18.2 Å². The van der Waals surface area contributed by atoms with Gasteiger partial charge in [-0.05, 0) is 30.3 Å². The summed E-state index contributed by atoms with van der Waals surface area (Å²) in [6, 6.07) is 9.19. The molecule has 7 heteroatoms. The van der Waals surface area contributed by atoms with E-state index in [4.69, 9.17) is 16.7 Å². The molecule has 0 aliphatic heterocycles. The van der Waals surface area contributed by atoms with E-state index < -0.39 is 11.9 Å². The number of rotatable bonds is 3. The molecule has 102 valence electrons. The summed E-state index contributed by atoms with van der Waals surface area (Å²) in [5.41, 5.74) is 0.215. The quantitative estimate of drug-likeness (QED) is 0.884. The third-order valence-corrected chi connectivity index (χ3v) is 3.20. The minimum Gasteiger partial charge on any atom is -0.477 e. The van der Waals surface area contributed by atoms with Gasteiger partial charge in [0, 0.05) is 4.47 Å². The summed E-state index contributed by atoms with van der Waals surface area (Å²) in [6.45, 7) is 0. The number of pyridine rings is 1. The standard InChI is InChI=1S/C13H8BrClN2O3/c14-7-4-5-8(15)11(6-7)17-12(18)9-2-1-3-10(16-9)13(19)20/h1-6H,(H,17,18)(H,19,20). The van der Waals surface area contributed by atoms with Crippen molar-refractivity contribution in [1.82, 2.24) is 4.98 Å². The number of carbonyl (C=O) groups excluding carboxylic acids is 1. The average molecular weight is 356 g/mol. The normalized spacial score (nSPS) is 10.1. The first-order valence-corrected chi connectivity index (χ1v) is 6.61. The van der Waals surface area contributed by atoms with Crippen LogP contribution in [0.2, 0.25) is 5.02 Å². The van der Waals surface area contributed by atoms with Gasteiger partial charge in [-0.1, -0.05) is 33.6 Å². The molecule has 0 saturated carbocycles. The molecule has 0 unspecified atom stereocenters. The van der Waals surface area contributed by atoms with Crippen LogP contribution in [0.15, 0.2) is 40.9 Å². The minimum atomic E-state index is -1.19. The third kappa shape index (κ3) is 3.34. The molecule has 1 amide bonds. The number of nitrogens with one attached hydrogen (secondary N) is 1. The van der Waals surface area contributed by atoms with Gasteiger partial charge >= 0.3 is 5.97 Å². The van der Waals surface area contributed by atoms with Crippen LogP contribution >= 0.6 is 27.5 Å². The van der Waals surface area contributed by atoms with Gasteiger partial charge in [-0.2, -0.15) is 0 Å². The lowest BCUT2D eigenvalue weighted by atomic mass is 10.2. The van der Waals surface area contributed by atoms with Crippen molar-refractivity contribution < 1.29 is 14.7 Å². The first-order chi connectivity index (χ1) is 9.47. The topological polar surface area (TPSA) is 79.3 Å². The molecule has 2 rings (SSSR count). The SMILES string of the molecule is O=C(O)c1cccc(C(=O)Nc2cc(Br)ccc2Cl)n1. The molecular weight excluding hydrogens is 348 g/mol. The maximum Gasteiger partial charge on any atom is 0.354 e. The maximum atomic E-state index is 12.0. The van der Waals surface area contributed by atoms with Crippen LogP contribution in [0.3, 0.4) is 0 Å². The van der Waals surface area contributed by atoms with Crippen LogP contribution in [0.4, 0.5) is 5.69 Å². The van der Waals surface area contributed by atoms with Crippen LogP contribution in [0.25, 0.3) is 0 Å². The van der Waals surface area contributed by atoms with Crippen LogP contribution in [0.5, 0.6) is 0 Å². The number of aromatic nitrogens is 1. The first-order valence-electron chi connectivity index (χ1n) is 5.44. The molecule has 2 N–H and O–H groups in total. The molecule has 5 nitrogen and oxygen atoms in total. The zero-order valence-corrected chi connectivity index (χ0v) is 12.3. The van der Waals surface area contributed by atoms with Crippen molar-refractivity contribution in [1.29, 1.82) is 0 Å². The van der Waals surface area contributed by atoms with E-state index in [2.05, 4.69) is 26.2 Å². The van der Waals surface area contributed by atoms with E-state index in [9.17, 15) is 9.59 Å². The van der Waals surface area contributed by atoms with Gasteiger partial charge in [-0.3, -0.25) is 4.79 Å². The Labute approximate surface area is 127 Å². The van der Waals surface area contributed by atoms with E-state index in [0.29, 0.717) is 10.7 Å². The molecule has 0 atom stereocenters. The van der Waals surface area contributed by atoms with E-state index in [1.54, 1.807) is 18.2 Å². The number of carboxylic acids is 1. The number of aromatic carboxylic acids is 1. The Kier molecular flexibility index (Phi) is 4.36. The molecule has 0 aliphatic carbocycles. The molecule has 0 aliphatic rings. The molecule has 0 spiro atoms. The van der Waals surface area contributed by atoms with E-state index >= 15 is 0 Å². The smallest absolute Gasteiger partial charge is 0.354 e. The molecule has 1 aromatic carbocycles. The lowest BCUT2D eigenvalue weighted by Crippen LogP contribution is -2.15. The van der Waals surface area contributed by atoms with E-state index in [0.717, 1.165) is 4.47 Å². The van der Waals surface area contributed by atoms with Crippen molar-refractivity contribution in [3.63, 3.8) is 0 Å². The zero-order valence-electron chi connectivity index (χ0n) is 9.93. The molecule has 2 aromatic rings. The Morgan fingerprint density at radius 2 is 1.90 bits per heavy atom. The van der Waals surface area contributed by atoms with Crippen LogP contribution < -0.4 is 5.32 Å². The number of hydrogen-bond donors (Lipinski definition) is 2. The number of carbonyl (C=O) groups is 2. The summed E-state index contributed by atoms with van der Waals surface area (Å²) in [5.74, 6) is -1.73. The molecule has 20 heavy (non-hydrogen) atoms. The van der Waals surface area contributed by atoms with Gasteiger partial charge in [0.05, 0.1) is 10.7 Å². The van der Waals surface area contributed by atoms with Gasteiger partial charge in [-0.15, -0.1) is 0 Å². The highest BCUT2D eigenvalue weighted by Crippen LogP contribution is 2.26. The van der Waals surface area contributed by atoms with Crippen LogP contribution in [0, 0.1) is 0 Å². The monoisotopic (exact) mass is 354 g/mol. The second kappa shape index (κ2) is 6.02. The number of benzene rings is 1. The number of amides is 1. The van der Waals surface area contributed by atoms with Crippen molar-refractivity contribution in [2.24, 2.45) is 0 Å². The van der Waals surface area contributed by atoms with Gasteiger partial charge in [-0.25, -0.2) is 9.78 Å². The van der Waals surface area contributed by atoms with Gasteiger partial charge in [0.2, 0.25) is 0 Å². The summed E-state index contributed by atoms with van der Waals surface area (Å²) in [6.07, 6.45) is 0. The fourth-order valence-corrected chi connectivity index (χ4v) is 1.99. The lowest BCUT2D eigenvalue weighted by Gasteiger charge is -2.07. The number of hydrogen-bond acceptors (Lipinski definition) is 3. The van der Waals surface area contributed by atoms with Crippen LogP contribution in [-0.2, 0) is 0 Å². The predicted molar refractivity (Wildman–Crippen MR) is 78.3 cm³/mol. The zero-order chi connectivity index (χ0) is 14.7. The van der Waals surface area contributed by atoms with Crippen molar-refractivity contribution in [3.05, 3.63) is 57.3 Å². The maximum absolute atomic E-state index is 12.0. The first kappa shape index (κ1) is 14.5. The van der Waals surface area contributed by atoms with Crippen molar-refractivity contribution in [2.75, 3.05) is 5.32 Å². The number of halogens is 2.